The van der Waals surface area contributed by atoms with Gasteiger partial charge in [-0.3, -0.25) is 14.1 Å². The van der Waals surface area contributed by atoms with Gasteiger partial charge >= 0.3 is 5.97 Å². The van der Waals surface area contributed by atoms with Gasteiger partial charge in [-0.2, -0.15) is 8.42 Å². The van der Waals surface area contributed by atoms with Crippen LogP contribution >= 0.6 is 0 Å². The van der Waals surface area contributed by atoms with Crippen LogP contribution < -0.4 is 5.32 Å². The van der Waals surface area contributed by atoms with E-state index in [-0.39, 0.29) is 16.5 Å². The van der Waals surface area contributed by atoms with Crippen LogP contribution in [-0.2, 0) is 24.5 Å². The van der Waals surface area contributed by atoms with Crippen molar-refractivity contribution in [3.63, 3.8) is 0 Å². The Morgan fingerprint density at radius 1 is 1.21 bits per heavy atom. The van der Waals surface area contributed by atoms with E-state index in [1.165, 1.54) is 11.6 Å². The molecule has 0 aromatic heterocycles. The minimum atomic E-state index is -4.60. The van der Waals surface area contributed by atoms with Crippen molar-refractivity contribution in [2.75, 3.05) is 5.75 Å². The molecular formula is C24H33NO7S. The zero-order chi connectivity index (χ0) is 24.8. The molecule has 1 fully saturated rings. The summed E-state index contributed by atoms with van der Waals surface area (Å²) in [5.74, 6) is -2.93. The van der Waals surface area contributed by atoms with Gasteiger partial charge in [0.15, 0.2) is 5.78 Å². The predicted molar refractivity (Wildman–Crippen MR) is 123 cm³/mol. The second-order valence-corrected chi connectivity index (χ2v) is 11.8. The standard InChI is InChI=1S/C24H33NO7S/c1-14-6-5-7-21-23(14,3)9-8-15(2)24(21,4)12-16-10-20(27)17(11-19(16)26)25-18(22(28)29)13-33(30,31)32/h6,10-11,15,18,21,25H,5,7-9,12-13H2,1-4H3,(H,28,29)(H,30,31,32)/t15?,18?,21?,23?,24-/m1/s1. The number of hydrogen-bond donors (Lipinski definition) is 3. The van der Waals surface area contributed by atoms with Crippen molar-refractivity contribution in [1.82, 2.24) is 5.32 Å². The molecule has 182 valence electrons. The summed E-state index contributed by atoms with van der Waals surface area (Å²) in [5.41, 5.74) is 1.37. The zero-order valence-corrected chi connectivity index (χ0v) is 20.4. The molecule has 9 heteroatoms. The largest absolute Gasteiger partial charge is 0.480 e. The van der Waals surface area contributed by atoms with Gasteiger partial charge in [0.25, 0.3) is 10.1 Å². The Labute approximate surface area is 195 Å². The molecule has 1 saturated carbocycles. The summed E-state index contributed by atoms with van der Waals surface area (Å²) in [4.78, 5) is 37.0. The summed E-state index contributed by atoms with van der Waals surface area (Å²) in [5, 5.41) is 11.5. The molecule has 8 nitrogen and oxygen atoms in total. The topological polar surface area (TPSA) is 138 Å². The first-order chi connectivity index (χ1) is 15.2. The van der Waals surface area contributed by atoms with Crippen LogP contribution in [0.3, 0.4) is 0 Å². The molecule has 0 aliphatic heterocycles. The molecule has 0 aromatic rings. The smallest absolute Gasteiger partial charge is 0.327 e. The number of carbonyl (C=O) groups excluding carboxylic acids is 2. The summed E-state index contributed by atoms with van der Waals surface area (Å²) < 4.78 is 31.2. The minimum absolute atomic E-state index is 0.0643. The molecule has 0 aromatic carbocycles. The number of rotatable bonds is 7. The summed E-state index contributed by atoms with van der Waals surface area (Å²) in [6, 6.07) is -1.76. The van der Waals surface area contributed by atoms with E-state index in [0.29, 0.717) is 23.8 Å². The number of fused-ring (bicyclic) bond motifs is 1. The summed E-state index contributed by atoms with van der Waals surface area (Å²) in [7, 11) is -4.60. The Bertz CT molecular complexity index is 1070. The van der Waals surface area contributed by atoms with E-state index in [1.807, 2.05) is 0 Å². The SMILES string of the molecule is CC1=CCCC2C1(C)CCC(C)[C@@]2(C)CC1=CC(=O)C(NC(CS(=O)(=O)O)C(=O)O)=CC1=O. The van der Waals surface area contributed by atoms with Crippen LogP contribution in [0.5, 0.6) is 0 Å². The van der Waals surface area contributed by atoms with Crippen LogP contribution in [0.15, 0.2) is 35.1 Å². The average Bonchev–Trinajstić information content (AvgIpc) is 2.69. The highest BCUT2D eigenvalue weighted by molar-refractivity contribution is 7.85. The molecule has 3 rings (SSSR count). The molecule has 0 radical (unpaired) electrons. The van der Waals surface area contributed by atoms with Gasteiger partial charge in [-0.1, -0.05) is 32.4 Å². The molecule has 3 N–H and O–H groups in total. The van der Waals surface area contributed by atoms with E-state index < -0.39 is 39.4 Å². The van der Waals surface area contributed by atoms with Gasteiger partial charge in [-0.05, 0) is 67.8 Å². The Hall–Kier alpha value is -2.26. The van der Waals surface area contributed by atoms with E-state index in [9.17, 15) is 27.9 Å². The van der Waals surface area contributed by atoms with Gasteiger partial charge in [0, 0.05) is 11.6 Å². The van der Waals surface area contributed by atoms with Crippen molar-refractivity contribution < 1.29 is 32.5 Å². The fourth-order valence-corrected chi connectivity index (χ4v) is 6.69. The highest BCUT2D eigenvalue weighted by Gasteiger charge is 2.53. The van der Waals surface area contributed by atoms with Gasteiger partial charge < -0.3 is 10.4 Å². The van der Waals surface area contributed by atoms with E-state index in [1.54, 1.807) is 0 Å². The second kappa shape index (κ2) is 8.83. The third kappa shape index (κ3) is 4.99. The molecule has 33 heavy (non-hydrogen) atoms. The number of carboxylic acids is 1. The maximum Gasteiger partial charge on any atom is 0.327 e. The summed E-state index contributed by atoms with van der Waals surface area (Å²) in [6.07, 6.45) is 9.20. The number of carbonyl (C=O) groups is 3. The lowest BCUT2D eigenvalue weighted by Gasteiger charge is -2.58. The van der Waals surface area contributed by atoms with E-state index in [2.05, 4.69) is 39.1 Å². The first-order valence-corrected chi connectivity index (χ1v) is 12.9. The van der Waals surface area contributed by atoms with E-state index in [0.717, 1.165) is 31.8 Å². The normalized spacial score (nSPS) is 33.4. The molecule has 3 aliphatic carbocycles. The molecule has 0 saturated heterocycles. The first kappa shape index (κ1) is 25.4. The number of allylic oxidation sites excluding steroid dienone is 5. The number of carboxylic acid groups (broad SMARTS) is 1. The first-order valence-electron chi connectivity index (χ1n) is 11.3. The van der Waals surface area contributed by atoms with Gasteiger partial charge in [0.2, 0.25) is 5.78 Å². The Balaban J connectivity index is 1.83. The third-order valence-electron chi connectivity index (χ3n) is 8.33. The maximum atomic E-state index is 13.0. The van der Waals surface area contributed by atoms with Crippen LogP contribution in [0, 0.1) is 22.7 Å². The van der Waals surface area contributed by atoms with Crippen LogP contribution in [0.4, 0.5) is 0 Å². The number of aliphatic carboxylic acids is 1. The van der Waals surface area contributed by atoms with Crippen molar-refractivity contribution >= 4 is 27.7 Å². The van der Waals surface area contributed by atoms with Gasteiger partial charge in [0.1, 0.15) is 11.8 Å². The lowest BCUT2D eigenvalue weighted by Crippen LogP contribution is -2.50. The molecule has 5 atom stereocenters. The van der Waals surface area contributed by atoms with Crippen molar-refractivity contribution in [3.8, 4) is 0 Å². The molecule has 3 aliphatic rings. The van der Waals surface area contributed by atoms with Gasteiger partial charge in [-0.15, -0.1) is 0 Å². The van der Waals surface area contributed by atoms with E-state index >= 15 is 0 Å². The summed E-state index contributed by atoms with van der Waals surface area (Å²) in [6.45, 7) is 8.90. The number of ketones is 2. The van der Waals surface area contributed by atoms with Crippen molar-refractivity contribution in [2.45, 2.75) is 65.8 Å². The van der Waals surface area contributed by atoms with Gasteiger partial charge in [0.05, 0.1) is 5.70 Å². The fourth-order valence-electron chi connectivity index (χ4n) is 6.05. The quantitative estimate of drug-likeness (QED) is 0.288. The highest BCUT2D eigenvalue weighted by Crippen LogP contribution is 2.62. The minimum Gasteiger partial charge on any atom is -0.480 e. The highest BCUT2D eigenvalue weighted by atomic mass is 32.2. The summed E-state index contributed by atoms with van der Waals surface area (Å²) >= 11 is 0. The lowest BCUT2D eigenvalue weighted by molar-refractivity contribution is -0.138. The predicted octanol–water partition coefficient (Wildman–Crippen LogP) is 3.07. The maximum absolute atomic E-state index is 13.0. The van der Waals surface area contributed by atoms with Crippen molar-refractivity contribution in [1.29, 1.82) is 0 Å². The lowest BCUT2D eigenvalue weighted by atomic mass is 9.46. The Morgan fingerprint density at radius 2 is 1.88 bits per heavy atom. The fraction of sp³-hybridized carbons (Fsp3) is 0.625. The monoisotopic (exact) mass is 479 g/mol. The molecule has 0 heterocycles. The third-order valence-corrected chi connectivity index (χ3v) is 9.09. The molecular weight excluding hydrogens is 446 g/mol. The molecule has 0 bridgehead atoms. The number of hydrogen-bond acceptors (Lipinski definition) is 6. The molecule has 4 unspecified atom stereocenters. The van der Waals surface area contributed by atoms with Crippen LogP contribution in [0.1, 0.15) is 59.8 Å². The van der Waals surface area contributed by atoms with Crippen molar-refractivity contribution in [3.05, 3.63) is 35.1 Å². The zero-order valence-electron chi connectivity index (χ0n) is 19.6. The van der Waals surface area contributed by atoms with E-state index in [4.69, 9.17) is 4.55 Å². The van der Waals surface area contributed by atoms with Crippen molar-refractivity contribution in [2.24, 2.45) is 22.7 Å². The molecule has 0 amide bonds. The van der Waals surface area contributed by atoms with Crippen LogP contribution in [0.25, 0.3) is 0 Å². The van der Waals surface area contributed by atoms with Crippen LogP contribution in [-0.4, -0.2) is 47.4 Å². The van der Waals surface area contributed by atoms with Gasteiger partial charge in [-0.25, -0.2) is 4.79 Å². The van der Waals surface area contributed by atoms with Crippen LogP contribution in [0.2, 0.25) is 0 Å². The number of nitrogens with one attached hydrogen (secondary N) is 1. The average molecular weight is 480 g/mol. The second-order valence-electron chi connectivity index (χ2n) is 10.3. The Kier molecular flexibility index (Phi) is 6.79. The Morgan fingerprint density at radius 3 is 2.48 bits per heavy atom. The molecule has 0 spiro atoms.